The number of nitrogens with zero attached hydrogens (tertiary/aromatic N) is 1. The summed E-state index contributed by atoms with van der Waals surface area (Å²) in [5.74, 6) is -0.764. The smallest absolute Gasteiger partial charge is 0.408 e. The molecule has 208 valence electrons. The molecule has 0 aliphatic carbocycles. The van der Waals surface area contributed by atoms with Gasteiger partial charge in [-0.15, -0.1) is 0 Å². The second kappa shape index (κ2) is 14.0. The molecule has 0 saturated heterocycles. The number of rotatable bonds is 11. The maximum atomic E-state index is 14.2. The number of alkyl carbamates (subject to hydrolysis) is 1. The summed E-state index contributed by atoms with van der Waals surface area (Å²) in [4.78, 5) is 42.6. The van der Waals surface area contributed by atoms with Crippen LogP contribution in [0.15, 0.2) is 48.5 Å². The molecule has 0 aromatic heterocycles. The minimum absolute atomic E-state index is 0.169. The van der Waals surface area contributed by atoms with E-state index in [1.165, 1.54) is 0 Å². The van der Waals surface area contributed by atoms with Gasteiger partial charge in [0, 0.05) is 12.2 Å². The topological polar surface area (TPSA) is 87.7 Å². The van der Waals surface area contributed by atoms with E-state index in [0.717, 1.165) is 23.2 Å². The third kappa shape index (κ3) is 8.61. The summed E-state index contributed by atoms with van der Waals surface area (Å²) in [5.41, 5.74) is 2.64. The predicted octanol–water partition coefficient (Wildman–Crippen LogP) is 6.55. The van der Waals surface area contributed by atoms with Crippen molar-refractivity contribution in [1.82, 2.24) is 10.2 Å². The Morgan fingerprint density at radius 1 is 0.947 bits per heavy atom. The maximum absolute atomic E-state index is 14.2. The lowest BCUT2D eigenvalue weighted by atomic mass is 9.95. The lowest BCUT2D eigenvalue weighted by Gasteiger charge is -2.36. The first-order valence-electron chi connectivity index (χ1n) is 13.6. The minimum atomic E-state index is -0.874. The van der Waals surface area contributed by atoms with Crippen LogP contribution in [0.2, 0.25) is 0 Å². The predicted molar refractivity (Wildman–Crippen MR) is 153 cm³/mol. The van der Waals surface area contributed by atoms with Crippen LogP contribution in [0.25, 0.3) is 0 Å². The molecule has 7 heteroatoms. The van der Waals surface area contributed by atoms with Crippen molar-refractivity contribution in [1.29, 1.82) is 0 Å². The van der Waals surface area contributed by atoms with E-state index in [9.17, 15) is 14.4 Å². The van der Waals surface area contributed by atoms with Gasteiger partial charge < -0.3 is 20.3 Å². The third-order valence-electron chi connectivity index (χ3n) is 6.59. The van der Waals surface area contributed by atoms with Gasteiger partial charge in [0.25, 0.3) is 5.91 Å². The van der Waals surface area contributed by atoms with Crippen LogP contribution < -0.4 is 10.6 Å². The fraction of sp³-hybridized carbons (Fsp3) is 0.516. The van der Waals surface area contributed by atoms with E-state index >= 15 is 0 Å². The highest BCUT2D eigenvalue weighted by atomic mass is 16.6. The van der Waals surface area contributed by atoms with E-state index in [-0.39, 0.29) is 17.7 Å². The van der Waals surface area contributed by atoms with Gasteiger partial charge in [-0.1, -0.05) is 82.1 Å². The van der Waals surface area contributed by atoms with Crippen molar-refractivity contribution in [2.24, 2.45) is 5.92 Å². The zero-order chi connectivity index (χ0) is 28.5. The molecule has 0 aliphatic heterocycles. The number of aryl methyl sites for hydroxylation is 2. The Kier molecular flexibility index (Phi) is 11.4. The number of nitrogens with one attached hydrogen (secondary N) is 2. The summed E-state index contributed by atoms with van der Waals surface area (Å²) in [6.07, 6.45) is 1.57. The molecule has 2 aromatic carbocycles. The highest BCUT2D eigenvalue weighted by Gasteiger charge is 2.38. The van der Waals surface area contributed by atoms with Gasteiger partial charge in [0.05, 0.1) is 0 Å². The molecule has 0 heterocycles. The molecule has 0 bridgehead atoms. The van der Waals surface area contributed by atoms with E-state index in [4.69, 9.17) is 4.74 Å². The Bertz CT molecular complexity index is 1060. The lowest BCUT2D eigenvalue weighted by molar-refractivity contribution is -0.142. The van der Waals surface area contributed by atoms with E-state index in [1.54, 1.807) is 25.7 Å². The zero-order valence-corrected chi connectivity index (χ0v) is 24.3. The van der Waals surface area contributed by atoms with E-state index in [1.807, 2.05) is 83.1 Å². The highest BCUT2D eigenvalue weighted by Crippen LogP contribution is 2.28. The highest BCUT2D eigenvalue weighted by molar-refractivity contribution is 6.00. The van der Waals surface area contributed by atoms with Crippen molar-refractivity contribution in [2.75, 3.05) is 11.9 Å². The van der Waals surface area contributed by atoms with Crippen LogP contribution >= 0.6 is 0 Å². The van der Waals surface area contributed by atoms with Gasteiger partial charge in [0.2, 0.25) is 5.91 Å². The first-order chi connectivity index (χ1) is 17.9. The molecule has 0 radical (unpaired) electrons. The van der Waals surface area contributed by atoms with Gasteiger partial charge in [0.15, 0.2) is 0 Å². The number of amides is 3. The molecule has 2 aromatic rings. The Labute approximate surface area is 228 Å². The summed E-state index contributed by atoms with van der Waals surface area (Å²) in [6.45, 7) is 15.6. The molecule has 2 N–H and O–H groups in total. The molecule has 0 fully saturated rings. The fourth-order valence-corrected chi connectivity index (χ4v) is 4.30. The number of carbonyl (C=O) groups excluding carboxylic acids is 3. The van der Waals surface area contributed by atoms with Crippen molar-refractivity contribution < 1.29 is 19.1 Å². The Morgan fingerprint density at radius 3 is 2.08 bits per heavy atom. The van der Waals surface area contributed by atoms with Crippen molar-refractivity contribution in [3.05, 3.63) is 65.2 Å². The van der Waals surface area contributed by atoms with Crippen LogP contribution in [0.4, 0.5) is 10.5 Å². The standard InChI is InChI=1S/C31H45N3O4/c1-9-11-20-34(29(36)26(21(3)10-2)33-30(37)38-31(6,7)8)27(24-18-13-12-14-19-24)28(35)32-25-22(4)16-15-17-23(25)5/h12-19,21,26-27H,9-11,20H2,1-8H3,(H,32,35)(H,33,37). The van der Waals surface area contributed by atoms with Crippen molar-refractivity contribution in [2.45, 2.75) is 92.3 Å². The minimum Gasteiger partial charge on any atom is -0.444 e. The number of hydrogen-bond acceptors (Lipinski definition) is 4. The van der Waals surface area contributed by atoms with Crippen LogP contribution in [0.3, 0.4) is 0 Å². The number of carbonyl (C=O) groups is 3. The second-order valence-corrected chi connectivity index (χ2v) is 11.0. The fourth-order valence-electron chi connectivity index (χ4n) is 4.30. The number of hydrogen-bond donors (Lipinski definition) is 2. The summed E-state index contributed by atoms with van der Waals surface area (Å²) in [6, 6.07) is 13.5. The second-order valence-electron chi connectivity index (χ2n) is 11.0. The molecule has 3 atom stereocenters. The van der Waals surface area contributed by atoms with Crippen molar-refractivity contribution in [3.8, 4) is 0 Å². The van der Waals surface area contributed by atoms with Gasteiger partial charge in [-0.25, -0.2) is 4.79 Å². The third-order valence-corrected chi connectivity index (χ3v) is 6.59. The SMILES string of the molecule is CCCCN(C(=O)C(NC(=O)OC(C)(C)C)C(C)CC)C(C(=O)Nc1c(C)cccc1C)c1ccccc1. The molecule has 0 saturated carbocycles. The molecule has 38 heavy (non-hydrogen) atoms. The molecule has 0 aliphatic rings. The first kappa shape index (κ1) is 30.9. The average molecular weight is 524 g/mol. The lowest BCUT2D eigenvalue weighted by Crippen LogP contribution is -2.55. The molecule has 3 unspecified atom stereocenters. The van der Waals surface area contributed by atoms with Crippen LogP contribution in [-0.4, -0.2) is 41.0 Å². The molecule has 7 nitrogen and oxygen atoms in total. The van der Waals surface area contributed by atoms with E-state index in [2.05, 4.69) is 10.6 Å². The molecule has 2 rings (SSSR count). The van der Waals surface area contributed by atoms with Crippen molar-refractivity contribution >= 4 is 23.6 Å². The summed E-state index contributed by atoms with van der Waals surface area (Å²) < 4.78 is 5.47. The molecular weight excluding hydrogens is 478 g/mol. The molecular formula is C31H45N3O4. The van der Waals surface area contributed by atoms with Crippen LogP contribution in [0, 0.1) is 19.8 Å². The van der Waals surface area contributed by atoms with Gasteiger partial charge in [-0.3, -0.25) is 9.59 Å². The van der Waals surface area contributed by atoms with Crippen LogP contribution in [0.5, 0.6) is 0 Å². The summed E-state index contributed by atoms with van der Waals surface area (Å²) in [7, 11) is 0. The number of benzene rings is 2. The van der Waals surface area contributed by atoms with Crippen LogP contribution in [0.1, 0.15) is 83.5 Å². The average Bonchev–Trinajstić information content (AvgIpc) is 2.85. The largest absolute Gasteiger partial charge is 0.444 e. The van der Waals surface area contributed by atoms with Gasteiger partial charge in [-0.05, 0) is 63.6 Å². The quantitative estimate of drug-likeness (QED) is 0.350. The molecule has 3 amide bonds. The number of ether oxygens (including phenoxy) is 1. The number of unbranched alkanes of at least 4 members (excludes halogenated alkanes) is 1. The van der Waals surface area contributed by atoms with Gasteiger partial charge >= 0.3 is 6.09 Å². The maximum Gasteiger partial charge on any atom is 0.408 e. The molecule has 0 spiro atoms. The summed E-state index contributed by atoms with van der Waals surface area (Å²) >= 11 is 0. The van der Waals surface area contributed by atoms with E-state index in [0.29, 0.717) is 24.9 Å². The summed E-state index contributed by atoms with van der Waals surface area (Å²) in [5, 5.41) is 5.91. The monoisotopic (exact) mass is 523 g/mol. The van der Waals surface area contributed by atoms with E-state index < -0.39 is 23.8 Å². The van der Waals surface area contributed by atoms with Crippen molar-refractivity contribution in [3.63, 3.8) is 0 Å². The number of para-hydroxylation sites is 1. The zero-order valence-electron chi connectivity index (χ0n) is 24.3. The van der Waals surface area contributed by atoms with Gasteiger partial charge in [-0.2, -0.15) is 0 Å². The van der Waals surface area contributed by atoms with Gasteiger partial charge in [0.1, 0.15) is 17.7 Å². The van der Waals surface area contributed by atoms with Crippen LogP contribution in [-0.2, 0) is 14.3 Å². The normalized spacial score (nSPS) is 13.7. The Morgan fingerprint density at radius 2 is 1.55 bits per heavy atom. The Hall–Kier alpha value is -3.35. The Balaban J connectivity index is 2.54. The number of anilines is 1. The first-order valence-corrected chi connectivity index (χ1v) is 13.6.